The maximum atomic E-state index is 7.12. The Bertz CT molecular complexity index is 535. The maximum absolute atomic E-state index is 7.12. The van der Waals surface area contributed by atoms with Crippen LogP contribution in [0.3, 0.4) is 0 Å². The van der Waals surface area contributed by atoms with Crippen molar-refractivity contribution in [3.63, 3.8) is 0 Å². The van der Waals surface area contributed by atoms with Crippen molar-refractivity contribution in [2.75, 3.05) is 0 Å². The highest BCUT2D eigenvalue weighted by Crippen LogP contribution is 2.25. The zero-order chi connectivity index (χ0) is 11.5. The minimum Gasteiger partial charge on any atom is -0.355 e. The van der Waals surface area contributed by atoms with E-state index in [1.54, 1.807) is 0 Å². The number of hydrogen-bond donors (Lipinski definition) is 2. The Morgan fingerprint density at radius 2 is 2.25 bits per heavy atom. The molecule has 2 N–H and O–H groups in total. The fraction of sp³-hybridized carbons (Fsp3) is 0.214. The summed E-state index contributed by atoms with van der Waals surface area (Å²) in [4.78, 5) is 3.36. The number of aromatic amines is 1. The second-order valence-corrected chi connectivity index (χ2v) is 4.01. The first-order valence-electron chi connectivity index (χ1n) is 5.49. The van der Waals surface area contributed by atoms with Gasteiger partial charge in [-0.1, -0.05) is 18.2 Å². The van der Waals surface area contributed by atoms with E-state index in [9.17, 15) is 0 Å². The van der Waals surface area contributed by atoms with Gasteiger partial charge in [-0.05, 0) is 49.8 Å². The van der Waals surface area contributed by atoms with Crippen molar-refractivity contribution >= 4 is 23.2 Å². The number of nitrogens with one attached hydrogen (secondary N) is 2. The molecule has 0 saturated heterocycles. The van der Waals surface area contributed by atoms with Crippen LogP contribution in [0.25, 0.3) is 17.0 Å². The van der Waals surface area contributed by atoms with Gasteiger partial charge in [0.15, 0.2) is 0 Å². The van der Waals surface area contributed by atoms with E-state index in [0.717, 1.165) is 24.1 Å². The quantitative estimate of drug-likeness (QED) is 0.725. The predicted molar refractivity (Wildman–Crippen MR) is 70.2 cm³/mol. The lowest BCUT2D eigenvalue weighted by molar-refractivity contribution is 1.05. The molecule has 82 valence electrons. The molecule has 0 fully saturated rings. The number of aromatic nitrogens is 1. The van der Waals surface area contributed by atoms with Gasteiger partial charge in [0, 0.05) is 16.6 Å². The molecule has 1 aromatic heterocycles. The monoisotopic (exact) mass is 212 g/mol. The highest BCUT2D eigenvalue weighted by Gasteiger charge is 2.08. The molecule has 0 aliphatic rings. The molecule has 2 aromatic rings. The Balaban J connectivity index is 2.60. The molecule has 0 saturated carbocycles. The van der Waals surface area contributed by atoms with Crippen LogP contribution >= 0.6 is 0 Å². The van der Waals surface area contributed by atoms with Gasteiger partial charge in [0.1, 0.15) is 0 Å². The molecule has 2 nitrogen and oxygen atoms in total. The predicted octanol–water partition coefficient (Wildman–Crippen LogP) is 3.70. The molecular weight excluding hydrogens is 196 g/mol. The van der Waals surface area contributed by atoms with Crippen LogP contribution in [0.4, 0.5) is 0 Å². The van der Waals surface area contributed by atoms with Gasteiger partial charge >= 0.3 is 0 Å². The lowest BCUT2D eigenvalue weighted by atomic mass is 10.0. The van der Waals surface area contributed by atoms with Gasteiger partial charge in [0.05, 0.1) is 0 Å². The van der Waals surface area contributed by atoms with Gasteiger partial charge in [-0.3, -0.25) is 0 Å². The molecule has 0 amide bonds. The van der Waals surface area contributed by atoms with Crippen molar-refractivity contribution in [2.24, 2.45) is 0 Å². The number of fused-ring (bicyclic) bond motifs is 1. The van der Waals surface area contributed by atoms with Gasteiger partial charge in [0.2, 0.25) is 0 Å². The third-order valence-corrected chi connectivity index (χ3v) is 2.84. The van der Waals surface area contributed by atoms with Gasteiger partial charge in [-0.25, -0.2) is 0 Å². The molecule has 2 heteroatoms. The van der Waals surface area contributed by atoms with Gasteiger partial charge in [0.25, 0.3) is 0 Å². The topological polar surface area (TPSA) is 39.6 Å². The summed E-state index contributed by atoms with van der Waals surface area (Å²) in [5, 5.41) is 8.38. The van der Waals surface area contributed by atoms with E-state index < -0.39 is 0 Å². The van der Waals surface area contributed by atoms with Crippen LogP contribution in [0.5, 0.6) is 0 Å². The molecular formula is C14H16N2. The second-order valence-electron chi connectivity index (χ2n) is 4.01. The number of benzene rings is 1. The van der Waals surface area contributed by atoms with Crippen molar-refractivity contribution in [1.82, 2.24) is 4.98 Å². The fourth-order valence-electron chi connectivity index (χ4n) is 2.04. The van der Waals surface area contributed by atoms with Gasteiger partial charge in [-0.15, -0.1) is 0 Å². The fourth-order valence-corrected chi connectivity index (χ4v) is 2.04. The molecule has 16 heavy (non-hydrogen) atoms. The summed E-state index contributed by atoms with van der Waals surface area (Å²) in [5.41, 5.74) is 4.78. The summed E-state index contributed by atoms with van der Waals surface area (Å²) in [5.74, 6) is 0. The smallest absolute Gasteiger partial charge is 0.0461 e. The molecule has 0 radical (unpaired) electrons. The van der Waals surface area contributed by atoms with Crippen molar-refractivity contribution < 1.29 is 0 Å². The standard InChI is InChI=1S/C14H16N2/c1-3-13-11(5-4-8-15)12-9-10(2)6-7-14(12)16-13/h3,6-9,15-16H,1,4-5H2,2H3. The van der Waals surface area contributed by atoms with Crippen LogP contribution < -0.4 is 0 Å². The minimum absolute atomic E-state index is 0.779. The average molecular weight is 212 g/mol. The van der Waals surface area contributed by atoms with E-state index in [1.165, 1.54) is 22.7 Å². The molecule has 2 rings (SSSR count). The van der Waals surface area contributed by atoms with E-state index in [4.69, 9.17) is 5.41 Å². The maximum Gasteiger partial charge on any atom is 0.0461 e. The lowest BCUT2D eigenvalue weighted by Crippen LogP contribution is -1.87. The Hall–Kier alpha value is -1.83. The van der Waals surface area contributed by atoms with Crippen LogP contribution in [0.1, 0.15) is 23.2 Å². The Morgan fingerprint density at radius 1 is 1.44 bits per heavy atom. The SMILES string of the molecule is C=Cc1[nH]c2ccc(C)cc2c1CCC=N. The summed E-state index contributed by atoms with van der Waals surface area (Å²) < 4.78 is 0. The first-order valence-corrected chi connectivity index (χ1v) is 5.49. The van der Waals surface area contributed by atoms with Crippen molar-refractivity contribution in [3.8, 4) is 0 Å². The van der Waals surface area contributed by atoms with E-state index in [2.05, 4.69) is 36.7 Å². The van der Waals surface area contributed by atoms with Gasteiger partial charge in [-0.2, -0.15) is 0 Å². The second kappa shape index (κ2) is 4.35. The molecule has 0 spiro atoms. The van der Waals surface area contributed by atoms with Crippen LogP contribution in [-0.4, -0.2) is 11.2 Å². The van der Waals surface area contributed by atoms with Gasteiger partial charge < -0.3 is 10.4 Å². The third kappa shape index (κ3) is 1.78. The molecule has 1 heterocycles. The summed E-state index contributed by atoms with van der Waals surface area (Å²) >= 11 is 0. The molecule has 0 bridgehead atoms. The number of rotatable bonds is 4. The van der Waals surface area contributed by atoms with Crippen LogP contribution in [0, 0.1) is 12.3 Å². The number of aryl methyl sites for hydroxylation is 2. The summed E-state index contributed by atoms with van der Waals surface area (Å²) in [7, 11) is 0. The Morgan fingerprint density at radius 3 is 2.94 bits per heavy atom. The highest BCUT2D eigenvalue weighted by atomic mass is 14.7. The molecule has 0 unspecified atom stereocenters. The highest BCUT2D eigenvalue weighted by molar-refractivity contribution is 5.88. The average Bonchev–Trinajstić information content (AvgIpc) is 2.63. The van der Waals surface area contributed by atoms with Crippen LogP contribution in [0.2, 0.25) is 0 Å². The Labute approximate surface area is 95.5 Å². The normalized spacial score (nSPS) is 10.6. The van der Waals surface area contributed by atoms with Crippen molar-refractivity contribution in [2.45, 2.75) is 19.8 Å². The van der Waals surface area contributed by atoms with E-state index >= 15 is 0 Å². The van der Waals surface area contributed by atoms with E-state index in [0.29, 0.717) is 0 Å². The van der Waals surface area contributed by atoms with Crippen LogP contribution in [0.15, 0.2) is 24.8 Å². The zero-order valence-electron chi connectivity index (χ0n) is 9.51. The van der Waals surface area contributed by atoms with Crippen molar-refractivity contribution in [1.29, 1.82) is 5.41 Å². The minimum atomic E-state index is 0.779. The number of hydrogen-bond acceptors (Lipinski definition) is 1. The zero-order valence-corrected chi connectivity index (χ0v) is 9.51. The molecule has 0 aliphatic carbocycles. The summed E-state index contributed by atoms with van der Waals surface area (Å²) in [6.07, 6.45) is 4.99. The molecule has 0 aliphatic heterocycles. The Kier molecular flexibility index (Phi) is 2.91. The molecule has 1 aromatic carbocycles. The van der Waals surface area contributed by atoms with E-state index in [-0.39, 0.29) is 0 Å². The summed E-state index contributed by atoms with van der Waals surface area (Å²) in [6, 6.07) is 6.40. The number of H-pyrrole nitrogens is 1. The largest absolute Gasteiger partial charge is 0.355 e. The first-order chi connectivity index (χ1) is 7.76. The first kappa shape index (κ1) is 10.7. The van der Waals surface area contributed by atoms with Crippen molar-refractivity contribution in [3.05, 3.63) is 41.6 Å². The van der Waals surface area contributed by atoms with Crippen LogP contribution in [-0.2, 0) is 6.42 Å². The van der Waals surface area contributed by atoms with E-state index in [1.807, 2.05) is 6.08 Å². The molecule has 0 atom stereocenters. The lowest BCUT2D eigenvalue weighted by Gasteiger charge is -1.99. The third-order valence-electron chi connectivity index (χ3n) is 2.84. The summed E-state index contributed by atoms with van der Waals surface area (Å²) in [6.45, 7) is 5.93.